The van der Waals surface area contributed by atoms with Crippen molar-refractivity contribution in [3.05, 3.63) is 29.8 Å². The molecule has 1 N–H and O–H groups in total. The van der Waals surface area contributed by atoms with Crippen molar-refractivity contribution in [3.8, 4) is 5.75 Å². The van der Waals surface area contributed by atoms with Crippen LogP contribution in [0.5, 0.6) is 5.75 Å². The molecule has 1 aromatic rings. The van der Waals surface area contributed by atoms with Gasteiger partial charge >= 0.3 is 0 Å². The Morgan fingerprint density at radius 2 is 2.16 bits per heavy atom. The van der Waals surface area contributed by atoms with Gasteiger partial charge in [0.05, 0.1) is 19.8 Å². The van der Waals surface area contributed by atoms with Gasteiger partial charge in [0.1, 0.15) is 5.75 Å². The van der Waals surface area contributed by atoms with Crippen LogP contribution >= 0.6 is 0 Å². The third-order valence-electron chi connectivity index (χ3n) is 3.25. The molecule has 0 radical (unpaired) electrons. The smallest absolute Gasteiger partial charge is 0.119 e. The molecule has 0 saturated carbocycles. The lowest BCUT2D eigenvalue weighted by molar-refractivity contribution is 0.167. The summed E-state index contributed by atoms with van der Waals surface area (Å²) in [6.45, 7) is 4.94. The zero-order valence-corrected chi connectivity index (χ0v) is 11.6. The number of rotatable bonds is 8. The monoisotopic (exact) mass is 265 g/mol. The van der Waals surface area contributed by atoms with Gasteiger partial charge in [-0.05, 0) is 24.1 Å². The van der Waals surface area contributed by atoms with Crippen molar-refractivity contribution in [2.75, 3.05) is 40.1 Å². The van der Waals surface area contributed by atoms with E-state index in [4.69, 9.17) is 14.2 Å². The third-order valence-corrected chi connectivity index (χ3v) is 3.25. The summed E-state index contributed by atoms with van der Waals surface area (Å²) in [5.74, 6) is 1.49. The first-order valence-corrected chi connectivity index (χ1v) is 6.87. The fourth-order valence-electron chi connectivity index (χ4n) is 2.04. The molecule has 106 valence electrons. The molecule has 19 heavy (non-hydrogen) atoms. The molecular formula is C15H23NO3. The van der Waals surface area contributed by atoms with Gasteiger partial charge in [0.2, 0.25) is 0 Å². The highest BCUT2D eigenvalue weighted by atomic mass is 16.5. The number of hydrogen-bond donors (Lipinski definition) is 1. The standard InChI is InChI=1S/C15H23NO3/c1-17-9-7-16-10-13-2-4-15(5-3-13)19-12-14-6-8-18-11-14/h2-5,14,16H,6-12H2,1H3. The van der Waals surface area contributed by atoms with Crippen LogP contribution in [0.15, 0.2) is 24.3 Å². The van der Waals surface area contributed by atoms with E-state index in [0.29, 0.717) is 5.92 Å². The highest BCUT2D eigenvalue weighted by Crippen LogP contribution is 2.17. The minimum atomic E-state index is 0.551. The maximum absolute atomic E-state index is 5.77. The Kier molecular flexibility index (Phi) is 6.14. The van der Waals surface area contributed by atoms with E-state index in [-0.39, 0.29) is 0 Å². The maximum atomic E-state index is 5.77. The van der Waals surface area contributed by atoms with Gasteiger partial charge in [0.15, 0.2) is 0 Å². The van der Waals surface area contributed by atoms with Crippen molar-refractivity contribution >= 4 is 0 Å². The van der Waals surface area contributed by atoms with E-state index >= 15 is 0 Å². The second kappa shape index (κ2) is 8.15. The molecule has 4 heteroatoms. The lowest BCUT2D eigenvalue weighted by Gasteiger charge is -2.11. The van der Waals surface area contributed by atoms with Crippen molar-refractivity contribution in [1.29, 1.82) is 0 Å². The van der Waals surface area contributed by atoms with E-state index in [1.165, 1.54) is 5.56 Å². The minimum absolute atomic E-state index is 0.551. The zero-order chi connectivity index (χ0) is 13.3. The average molecular weight is 265 g/mol. The molecule has 4 nitrogen and oxygen atoms in total. The maximum Gasteiger partial charge on any atom is 0.119 e. The fourth-order valence-corrected chi connectivity index (χ4v) is 2.04. The summed E-state index contributed by atoms with van der Waals surface area (Å²) < 4.78 is 16.1. The Morgan fingerprint density at radius 3 is 2.84 bits per heavy atom. The van der Waals surface area contributed by atoms with E-state index in [1.54, 1.807) is 7.11 Å². The Morgan fingerprint density at radius 1 is 1.32 bits per heavy atom. The molecule has 2 rings (SSSR count). The van der Waals surface area contributed by atoms with Gasteiger partial charge in [-0.2, -0.15) is 0 Å². The molecule has 1 aromatic carbocycles. The Labute approximate surface area is 115 Å². The normalized spacial score (nSPS) is 18.7. The van der Waals surface area contributed by atoms with Gasteiger partial charge in [-0.25, -0.2) is 0 Å². The number of ether oxygens (including phenoxy) is 3. The summed E-state index contributed by atoms with van der Waals surface area (Å²) >= 11 is 0. The number of methoxy groups -OCH3 is 1. The first kappa shape index (κ1) is 14.3. The third kappa shape index (κ3) is 5.19. The van der Waals surface area contributed by atoms with Gasteiger partial charge in [0.25, 0.3) is 0 Å². The summed E-state index contributed by atoms with van der Waals surface area (Å²) in [7, 11) is 1.71. The quantitative estimate of drug-likeness (QED) is 0.728. The van der Waals surface area contributed by atoms with Crippen molar-refractivity contribution in [2.24, 2.45) is 5.92 Å². The van der Waals surface area contributed by atoms with Crippen LogP contribution in [0.3, 0.4) is 0 Å². The first-order chi connectivity index (χ1) is 9.38. The summed E-state index contributed by atoms with van der Waals surface area (Å²) in [4.78, 5) is 0. The summed E-state index contributed by atoms with van der Waals surface area (Å²) in [5, 5.41) is 3.32. The van der Waals surface area contributed by atoms with E-state index < -0.39 is 0 Å². The van der Waals surface area contributed by atoms with Crippen LogP contribution < -0.4 is 10.1 Å². The van der Waals surface area contributed by atoms with Gasteiger partial charge in [-0.3, -0.25) is 0 Å². The van der Waals surface area contributed by atoms with Crippen molar-refractivity contribution in [3.63, 3.8) is 0 Å². The summed E-state index contributed by atoms with van der Waals surface area (Å²) in [6.07, 6.45) is 1.11. The van der Waals surface area contributed by atoms with E-state index in [9.17, 15) is 0 Å². The van der Waals surface area contributed by atoms with Gasteiger partial charge in [-0.15, -0.1) is 0 Å². The highest BCUT2D eigenvalue weighted by molar-refractivity contribution is 5.27. The van der Waals surface area contributed by atoms with Crippen LogP contribution in [0.25, 0.3) is 0 Å². The Bertz CT molecular complexity index is 347. The lowest BCUT2D eigenvalue weighted by Crippen LogP contribution is -2.18. The van der Waals surface area contributed by atoms with Crippen LogP contribution in [0, 0.1) is 5.92 Å². The molecular weight excluding hydrogens is 242 g/mol. The number of hydrogen-bond acceptors (Lipinski definition) is 4. The topological polar surface area (TPSA) is 39.7 Å². The van der Waals surface area contributed by atoms with E-state index in [1.807, 2.05) is 12.1 Å². The average Bonchev–Trinajstić information content (AvgIpc) is 2.96. The molecule has 0 amide bonds. The van der Waals surface area contributed by atoms with Crippen LogP contribution in [-0.2, 0) is 16.0 Å². The van der Waals surface area contributed by atoms with Crippen molar-refractivity contribution in [2.45, 2.75) is 13.0 Å². The van der Waals surface area contributed by atoms with Crippen molar-refractivity contribution in [1.82, 2.24) is 5.32 Å². The molecule has 1 atom stereocenters. The molecule has 0 aromatic heterocycles. The molecule has 1 saturated heterocycles. The lowest BCUT2D eigenvalue weighted by atomic mass is 10.1. The van der Waals surface area contributed by atoms with Crippen LogP contribution in [0.1, 0.15) is 12.0 Å². The molecule has 1 heterocycles. The van der Waals surface area contributed by atoms with E-state index in [2.05, 4.69) is 17.4 Å². The van der Waals surface area contributed by atoms with Crippen molar-refractivity contribution < 1.29 is 14.2 Å². The van der Waals surface area contributed by atoms with Crippen LogP contribution in [0.2, 0.25) is 0 Å². The molecule has 1 fully saturated rings. The van der Waals surface area contributed by atoms with Crippen LogP contribution in [-0.4, -0.2) is 40.1 Å². The van der Waals surface area contributed by atoms with Crippen LogP contribution in [0.4, 0.5) is 0 Å². The fraction of sp³-hybridized carbons (Fsp3) is 0.600. The number of benzene rings is 1. The predicted octanol–water partition coefficient (Wildman–Crippen LogP) is 1.84. The first-order valence-electron chi connectivity index (χ1n) is 6.87. The second-order valence-corrected chi connectivity index (χ2v) is 4.85. The second-order valence-electron chi connectivity index (χ2n) is 4.85. The molecule has 0 bridgehead atoms. The predicted molar refractivity (Wildman–Crippen MR) is 74.4 cm³/mol. The Hall–Kier alpha value is -1.10. The van der Waals surface area contributed by atoms with Gasteiger partial charge < -0.3 is 19.5 Å². The molecule has 1 aliphatic heterocycles. The summed E-state index contributed by atoms with van der Waals surface area (Å²) in [6, 6.07) is 8.26. The minimum Gasteiger partial charge on any atom is -0.493 e. The van der Waals surface area contributed by atoms with E-state index in [0.717, 1.165) is 51.7 Å². The molecule has 1 unspecified atom stereocenters. The molecule has 1 aliphatic rings. The zero-order valence-electron chi connectivity index (χ0n) is 11.6. The van der Waals surface area contributed by atoms with Gasteiger partial charge in [-0.1, -0.05) is 12.1 Å². The SMILES string of the molecule is COCCNCc1ccc(OCC2CCOC2)cc1. The highest BCUT2D eigenvalue weighted by Gasteiger charge is 2.15. The molecule has 0 spiro atoms. The summed E-state index contributed by atoms with van der Waals surface area (Å²) in [5.41, 5.74) is 1.26. The molecule has 0 aliphatic carbocycles. The number of nitrogens with one attached hydrogen (secondary N) is 1. The van der Waals surface area contributed by atoms with Gasteiger partial charge in [0, 0.05) is 32.7 Å². The Balaban J connectivity index is 1.68. The largest absolute Gasteiger partial charge is 0.493 e.